The van der Waals surface area contributed by atoms with Gasteiger partial charge in [0.25, 0.3) is 0 Å². The number of carbonyl (C=O) groups excluding carboxylic acids is 1. The van der Waals surface area contributed by atoms with Crippen LogP contribution in [0.25, 0.3) is 0 Å². The fraction of sp³-hybridized carbons (Fsp3) is 0.333. The van der Waals surface area contributed by atoms with E-state index in [0.717, 1.165) is 29.5 Å². The zero-order valence-corrected chi connectivity index (χ0v) is 6.79. The van der Waals surface area contributed by atoms with Gasteiger partial charge >= 0.3 is 0 Å². The van der Waals surface area contributed by atoms with Crippen molar-refractivity contribution in [3.63, 3.8) is 0 Å². The van der Waals surface area contributed by atoms with E-state index in [9.17, 15) is 4.79 Å². The van der Waals surface area contributed by atoms with Crippen molar-refractivity contribution in [3.8, 4) is 0 Å². The Morgan fingerprint density at radius 2 is 2.36 bits per heavy atom. The van der Waals surface area contributed by atoms with Gasteiger partial charge in [0.2, 0.25) is 0 Å². The van der Waals surface area contributed by atoms with E-state index in [1.807, 2.05) is 19.9 Å². The van der Waals surface area contributed by atoms with Gasteiger partial charge in [-0.05, 0) is 25.0 Å². The van der Waals surface area contributed by atoms with Crippen molar-refractivity contribution >= 4 is 6.29 Å². The summed E-state index contributed by atoms with van der Waals surface area (Å²) < 4.78 is 0. The molecular weight excluding hydrogens is 138 g/mol. The van der Waals surface area contributed by atoms with Gasteiger partial charge in [-0.15, -0.1) is 0 Å². The van der Waals surface area contributed by atoms with Gasteiger partial charge in [-0.1, -0.05) is 6.92 Å². The van der Waals surface area contributed by atoms with Crippen molar-refractivity contribution in [1.82, 2.24) is 4.98 Å². The van der Waals surface area contributed by atoms with Crippen LogP contribution >= 0.6 is 0 Å². The van der Waals surface area contributed by atoms with E-state index < -0.39 is 0 Å². The topological polar surface area (TPSA) is 30.0 Å². The lowest BCUT2D eigenvalue weighted by molar-refractivity contribution is 0.112. The van der Waals surface area contributed by atoms with Crippen LogP contribution in [-0.4, -0.2) is 11.3 Å². The highest BCUT2D eigenvalue weighted by molar-refractivity contribution is 5.77. The molecule has 1 aromatic heterocycles. The molecule has 0 N–H and O–H groups in total. The van der Waals surface area contributed by atoms with Crippen LogP contribution in [0, 0.1) is 6.92 Å². The molecule has 1 aromatic rings. The van der Waals surface area contributed by atoms with Gasteiger partial charge in [0.05, 0.1) is 0 Å². The Labute approximate surface area is 66.3 Å². The first-order chi connectivity index (χ1) is 5.27. The van der Waals surface area contributed by atoms with Crippen LogP contribution in [0.4, 0.5) is 0 Å². The van der Waals surface area contributed by atoms with E-state index in [1.54, 1.807) is 6.20 Å². The van der Waals surface area contributed by atoms with Crippen molar-refractivity contribution in [1.29, 1.82) is 0 Å². The molecule has 0 fully saturated rings. The Balaban J connectivity index is 3.16. The molecule has 0 aliphatic carbocycles. The van der Waals surface area contributed by atoms with Crippen LogP contribution in [-0.2, 0) is 6.42 Å². The Kier molecular flexibility index (Phi) is 2.36. The molecule has 2 heteroatoms. The third-order valence-corrected chi connectivity index (χ3v) is 1.67. The summed E-state index contributed by atoms with van der Waals surface area (Å²) in [5, 5.41) is 0. The number of hydrogen-bond acceptors (Lipinski definition) is 2. The Bertz CT molecular complexity index is 268. The van der Waals surface area contributed by atoms with Gasteiger partial charge in [-0.2, -0.15) is 0 Å². The lowest BCUT2D eigenvalue weighted by atomic mass is 10.1. The maximum Gasteiger partial charge on any atom is 0.150 e. The standard InChI is InChI=1S/C9H11NO/c1-3-8-5-10-7(2)4-9(8)6-11/h4-6H,3H2,1-2H3. The van der Waals surface area contributed by atoms with E-state index in [-0.39, 0.29) is 0 Å². The van der Waals surface area contributed by atoms with Gasteiger partial charge in [0.1, 0.15) is 6.29 Å². The van der Waals surface area contributed by atoms with E-state index in [2.05, 4.69) is 4.98 Å². The second-order valence-electron chi connectivity index (χ2n) is 2.50. The lowest BCUT2D eigenvalue weighted by Crippen LogP contribution is -1.93. The van der Waals surface area contributed by atoms with Crippen LogP contribution in [0.1, 0.15) is 28.5 Å². The van der Waals surface area contributed by atoms with E-state index in [4.69, 9.17) is 0 Å². The molecule has 1 rings (SSSR count). The Morgan fingerprint density at radius 3 is 2.91 bits per heavy atom. The largest absolute Gasteiger partial charge is 0.298 e. The molecule has 0 saturated carbocycles. The van der Waals surface area contributed by atoms with Crippen molar-refractivity contribution in [2.75, 3.05) is 0 Å². The average Bonchev–Trinajstić information content (AvgIpc) is 2.04. The van der Waals surface area contributed by atoms with Gasteiger partial charge < -0.3 is 0 Å². The van der Waals surface area contributed by atoms with Crippen LogP contribution in [0.3, 0.4) is 0 Å². The minimum absolute atomic E-state index is 0.764. The number of aryl methyl sites for hydroxylation is 2. The first-order valence-electron chi connectivity index (χ1n) is 3.68. The quantitative estimate of drug-likeness (QED) is 0.600. The number of hydrogen-bond donors (Lipinski definition) is 0. The molecule has 58 valence electrons. The predicted octanol–water partition coefficient (Wildman–Crippen LogP) is 1.76. The molecule has 0 unspecified atom stereocenters. The van der Waals surface area contributed by atoms with Crippen LogP contribution in [0.5, 0.6) is 0 Å². The number of pyridine rings is 1. The highest BCUT2D eigenvalue weighted by Gasteiger charge is 1.98. The fourth-order valence-corrected chi connectivity index (χ4v) is 1.01. The monoisotopic (exact) mass is 149 g/mol. The van der Waals surface area contributed by atoms with Gasteiger partial charge in [0.15, 0.2) is 0 Å². The molecule has 0 aliphatic rings. The van der Waals surface area contributed by atoms with Crippen LogP contribution in [0.15, 0.2) is 12.3 Å². The van der Waals surface area contributed by atoms with Crippen molar-refractivity contribution in [2.45, 2.75) is 20.3 Å². The minimum Gasteiger partial charge on any atom is -0.298 e. The second-order valence-corrected chi connectivity index (χ2v) is 2.50. The molecule has 0 bridgehead atoms. The zero-order chi connectivity index (χ0) is 8.27. The maximum absolute atomic E-state index is 10.5. The molecule has 1 heterocycles. The first kappa shape index (κ1) is 7.92. The molecule has 0 aliphatic heterocycles. The smallest absolute Gasteiger partial charge is 0.150 e. The fourth-order valence-electron chi connectivity index (χ4n) is 1.01. The first-order valence-corrected chi connectivity index (χ1v) is 3.68. The van der Waals surface area contributed by atoms with E-state index >= 15 is 0 Å². The zero-order valence-electron chi connectivity index (χ0n) is 6.79. The molecular formula is C9H11NO. The SMILES string of the molecule is CCc1cnc(C)cc1C=O. The van der Waals surface area contributed by atoms with Crippen molar-refractivity contribution in [2.24, 2.45) is 0 Å². The Morgan fingerprint density at radius 1 is 1.64 bits per heavy atom. The average molecular weight is 149 g/mol. The highest BCUT2D eigenvalue weighted by Crippen LogP contribution is 2.06. The third kappa shape index (κ3) is 1.64. The van der Waals surface area contributed by atoms with Gasteiger partial charge in [-0.3, -0.25) is 9.78 Å². The number of rotatable bonds is 2. The Hall–Kier alpha value is -1.18. The summed E-state index contributed by atoms with van der Waals surface area (Å²) in [6, 6.07) is 1.81. The van der Waals surface area contributed by atoms with Gasteiger partial charge in [0, 0.05) is 17.5 Å². The minimum atomic E-state index is 0.764. The van der Waals surface area contributed by atoms with Crippen LogP contribution < -0.4 is 0 Å². The number of aromatic nitrogens is 1. The summed E-state index contributed by atoms with van der Waals surface area (Å²) in [6.07, 6.45) is 3.51. The van der Waals surface area contributed by atoms with E-state index in [0.29, 0.717) is 0 Å². The molecule has 11 heavy (non-hydrogen) atoms. The summed E-state index contributed by atoms with van der Waals surface area (Å²) in [5.41, 5.74) is 2.68. The summed E-state index contributed by atoms with van der Waals surface area (Å²) in [6.45, 7) is 3.89. The molecule has 2 nitrogen and oxygen atoms in total. The molecule has 0 saturated heterocycles. The van der Waals surface area contributed by atoms with Crippen molar-refractivity contribution in [3.05, 3.63) is 29.1 Å². The molecule has 0 atom stereocenters. The lowest BCUT2D eigenvalue weighted by Gasteiger charge is -2.00. The van der Waals surface area contributed by atoms with Gasteiger partial charge in [-0.25, -0.2) is 0 Å². The summed E-state index contributed by atoms with van der Waals surface area (Å²) in [5.74, 6) is 0. The molecule has 0 amide bonds. The maximum atomic E-state index is 10.5. The predicted molar refractivity (Wildman–Crippen MR) is 43.7 cm³/mol. The number of nitrogens with zero attached hydrogens (tertiary/aromatic N) is 1. The number of aldehydes is 1. The second kappa shape index (κ2) is 3.28. The molecule has 0 spiro atoms. The normalized spacial score (nSPS) is 9.64. The number of carbonyl (C=O) groups is 1. The summed E-state index contributed by atoms with van der Waals surface area (Å²) in [4.78, 5) is 14.6. The van der Waals surface area contributed by atoms with Crippen LogP contribution in [0.2, 0.25) is 0 Å². The third-order valence-electron chi connectivity index (χ3n) is 1.67. The van der Waals surface area contributed by atoms with Crippen molar-refractivity contribution < 1.29 is 4.79 Å². The highest BCUT2D eigenvalue weighted by atomic mass is 16.1. The van der Waals surface area contributed by atoms with E-state index in [1.165, 1.54) is 0 Å². The summed E-state index contributed by atoms with van der Waals surface area (Å²) >= 11 is 0. The molecule has 0 aromatic carbocycles. The summed E-state index contributed by atoms with van der Waals surface area (Å²) in [7, 11) is 0. The molecule has 0 radical (unpaired) electrons.